The first-order valence-corrected chi connectivity index (χ1v) is 8.67. The van der Waals surface area contributed by atoms with E-state index in [1.54, 1.807) is 30.6 Å². The van der Waals surface area contributed by atoms with Crippen molar-refractivity contribution >= 4 is 16.8 Å². The number of carbonyl (C=O) groups excluding carboxylic acids is 1. The van der Waals surface area contributed by atoms with Gasteiger partial charge in [-0.05, 0) is 37.1 Å². The molecule has 5 nitrogen and oxygen atoms in total. The van der Waals surface area contributed by atoms with Gasteiger partial charge < -0.3 is 10.6 Å². The number of aromatic nitrogens is 2. The van der Waals surface area contributed by atoms with Crippen molar-refractivity contribution in [3.63, 3.8) is 0 Å². The molecule has 1 aliphatic rings. The van der Waals surface area contributed by atoms with E-state index < -0.39 is 0 Å². The first kappa shape index (κ1) is 16.6. The normalized spacial score (nSPS) is 15.4. The molecule has 3 aromatic rings. The van der Waals surface area contributed by atoms with Crippen LogP contribution in [-0.2, 0) is 0 Å². The number of fused-ring (bicyclic) bond motifs is 1. The summed E-state index contributed by atoms with van der Waals surface area (Å²) in [5, 5.41) is 0.717. The second-order valence-corrected chi connectivity index (χ2v) is 6.60. The number of hydrogen-bond acceptors (Lipinski definition) is 4. The zero-order valence-electron chi connectivity index (χ0n) is 14.2. The average Bonchev–Trinajstić information content (AvgIpc) is 2.68. The van der Waals surface area contributed by atoms with Gasteiger partial charge in [0.15, 0.2) is 0 Å². The molecule has 1 aromatic carbocycles. The molecule has 0 aliphatic carbocycles. The van der Waals surface area contributed by atoms with Crippen LogP contribution < -0.4 is 5.73 Å². The molecule has 6 heteroatoms. The van der Waals surface area contributed by atoms with E-state index >= 15 is 0 Å². The lowest BCUT2D eigenvalue weighted by Crippen LogP contribution is -2.42. The van der Waals surface area contributed by atoms with E-state index in [9.17, 15) is 9.18 Å². The topological polar surface area (TPSA) is 72.1 Å². The van der Waals surface area contributed by atoms with Gasteiger partial charge in [-0.2, -0.15) is 0 Å². The number of nitrogens with zero attached hydrogens (tertiary/aromatic N) is 3. The Kier molecular flexibility index (Phi) is 4.34. The summed E-state index contributed by atoms with van der Waals surface area (Å²) in [6.45, 7) is 1.36. The monoisotopic (exact) mass is 350 g/mol. The predicted molar refractivity (Wildman–Crippen MR) is 98.0 cm³/mol. The summed E-state index contributed by atoms with van der Waals surface area (Å²) in [6.07, 6.45) is 4.84. The molecular formula is C20H19FN4O. The van der Waals surface area contributed by atoms with Crippen molar-refractivity contribution in [2.75, 3.05) is 13.1 Å². The summed E-state index contributed by atoms with van der Waals surface area (Å²) < 4.78 is 13.7. The van der Waals surface area contributed by atoms with Gasteiger partial charge in [0, 0.05) is 42.5 Å². The van der Waals surface area contributed by atoms with Crippen LogP contribution in [0.2, 0.25) is 0 Å². The minimum absolute atomic E-state index is 0.0188. The van der Waals surface area contributed by atoms with Crippen molar-refractivity contribution in [1.29, 1.82) is 0 Å². The smallest absolute Gasteiger partial charge is 0.255 e. The van der Waals surface area contributed by atoms with Crippen LogP contribution in [0.5, 0.6) is 0 Å². The molecule has 2 N–H and O–H groups in total. The number of piperidine rings is 1. The van der Waals surface area contributed by atoms with E-state index in [2.05, 4.69) is 9.97 Å². The van der Waals surface area contributed by atoms with Crippen LogP contribution in [0.25, 0.3) is 22.2 Å². The molecule has 1 fully saturated rings. The fourth-order valence-corrected chi connectivity index (χ4v) is 3.24. The summed E-state index contributed by atoms with van der Waals surface area (Å²) in [6, 6.07) is 10.5. The van der Waals surface area contributed by atoms with Crippen LogP contribution >= 0.6 is 0 Å². The number of para-hydroxylation sites is 1. The maximum atomic E-state index is 13.7. The molecular weight excluding hydrogens is 331 g/mol. The van der Waals surface area contributed by atoms with Crippen LogP contribution in [0.15, 0.2) is 48.8 Å². The Morgan fingerprint density at radius 3 is 2.65 bits per heavy atom. The summed E-state index contributed by atoms with van der Waals surface area (Å²) in [7, 11) is 0. The molecule has 0 spiro atoms. The van der Waals surface area contributed by atoms with Crippen molar-refractivity contribution in [3.8, 4) is 11.3 Å². The Hall–Kier alpha value is -2.86. The third-order valence-corrected chi connectivity index (χ3v) is 4.79. The SMILES string of the molecule is NC1CCN(C(=O)c2ccc(-c3cnc4c(F)cccc4c3)nc2)CC1. The van der Waals surface area contributed by atoms with E-state index in [1.165, 1.54) is 6.07 Å². The van der Waals surface area contributed by atoms with Crippen molar-refractivity contribution in [3.05, 3.63) is 60.2 Å². The van der Waals surface area contributed by atoms with Crippen LogP contribution in [0.1, 0.15) is 23.2 Å². The van der Waals surface area contributed by atoms with Crippen LogP contribution in [0, 0.1) is 5.82 Å². The molecule has 3 heterocycles. The number of carbonyl (C=O) groups is 1. The summed E-state index contributed by atoms with van der Waals surface area (Å²) in [5.41, 5.74) is 8.27. The number of rotatable bonds is 2. The Morgan fingerprint density at radius 2 is 1.92 bits per heavy atom. The number of halogens is 1. The van der Waals surface area contributed by atoms with E-state index in [1.807, 2.05) is 17.0 Å². The van der Waals surface area contributed by atoms with Crippen molar-refractivity contribution < 1.29 is 9.18 Å². The lowest BCUT2D eigenvalue weighted by molar-refractivity contribution is 0.0714. The fraction of sp³-hybridized carbons (Fsp3) is 0.250. The Morgan fingerprint density at radius 1 is 1.12 bits per heavy atom. The highest BCUT2D eigenvalue weighted by atomic mass is 19.1. The second-order valence-electron chi connectivity index (χ2n) is 6.60. The number of amides is 1. The highest BCUT2D eigenvalue weighted by Gasteiger charge is 2.21. The minimum Gasteiger partial charge on any atom is -0.338 e. The van der Waals surface area contributed by atoms with E-state index in [0.717, 1.165) is 18.4 Å². The predicted octanol–water partition coefficient (Wildman–Crippen LogP) is 3.00. The second kappa shape index (κ2) is 6.80. The molecule has 1 aliphatic heterocycles. The number of hydrogen-bond donors (Lipinski definition) is 1. The van der Waals surface area contributed by atoms with Crippen molar-refractivity contribution in [2.45, 2.75) is 18.9 Å². The first-order chi connectivity index (χ1) is 12.6. The van der Waals surface area contributed by atoms with Gasteiger partial charge in [0.2, 0.25) is 0 Å². The highest BCUT2D eigenvalue weighted by Crippen LogP contribution is 2.23. The van der Waals surface area contributed by atoms with Crippen LogP contribution in [0.4, 0.5) is 4.39 Å². The molecule has 0 radical (unpaired) electrons. The van der Waals surface area contributed by atoms with E-state index in [0.29, 0.717) is 35.2 Å². The van der Waals surface area contributed by atoms with Gasteiger partial charge in [0.25, 0.3) is 5.91 Å². The van der Waals surface area contributed by atoms with Gasteiger partial charge in [-0.25, -0.2) is 4.39 Å². The maximum absolute atomic E-state index is 13.7. The Labute approximate surface area is 150 Å². The van der Waals surface area contributed by atoms with Crippen LogP contribution in [-0.4, -0.2) is 39.9 Å². The third-order valence-electron chi connectivity index (χ3n) is 4.79. The summed E-state index contributed by atoms with van der Waals surface area (Å²) >= 11 is 0. The quantitative estimate of drug-likeness (QED) is 0.771. The fourth-order valence-electron chi connectivity index (χ4n) is 3.24. The van der Waals surface area contributed by atoms with Gasteiger partial charge in [0.1, 0.15) is 11.3 Å². The molecule has 0 bridgehead atoms. The van der Waals surface area contributed by atoms with Crippen molar-refractivity contribution in [1.82, 2.24) is 14.9 Å². The lowest BCUT2D eigenvalue weighted by Gasteiger charge is -2.30. The van der Waals surface area contributed by atoms with E-state index in [-0.39, 0.29) is 17.8 Å². The number of pyridine rings is 2. The Balaban J connectivity index is 1.57. The van der Waals surface area contributed by atoms with Gasteiger partial charge in [0.05, 0.1) is 11.3 Å². The zero-order valence-corrected chi connectivity index (χ0v) is 14.2. The number of benzene rings is 1. The highest BCUT2D eigenvalue weighted by molar-refractivity contribution is 5.94. The molecule has 0 saturated carbocycles. The molecule has 1 saturated heterocycles. The van der Waals surface area contributed by atoms with Gasteiger partial charge >= 0.3 is 0 Å². The third kappa shape index (κ3) is 3.15. The molecule has 0 atom stereocenters. The van der Waals surface area contributed by atoms with E-state index in [4.69, 9.17) is 5.73 Å². The molecule has 1 amide bonds. The molecule has 2 aromatic heterocycles. The minimum atomic E-state index is -0.343. The van der Waals surface area contributed by atoms with Crippen LogP contribution in [0.3, 0.4) is 0 Å². The van der Waals surface area contributed by atoms with Crippen molar-refractivity contribution in [2.24, 2.45) is 5.73 Å². The van der Waals surface area contributed by atoms with Gasteiger partial charge in [-0.3, -0.25) is 14.8 Å². The average molecular weight is 350 g/mol. The summed E-state index contributed by atoms with van der Waals surface area (Å²) in [5.74, 6) is -0.362. The zero-order chi connectivity index (χ0) is 18.1. The van der Waals surface area contributed by atoms with Gasteiger partial charge in [-0.1, -0.05) is 12.1 Å². The summed E-state index contributed by atoms with van der Waals surface area (Å²) in [4.78, 5) is 23.0. The first-order valence-electron chi connectivity index (χ1n) is 8.67. The standard InChI is InChI=1S/C20H19FN4O/c21-17-3-1-2-13-10-15(12-24-19(13)17)18-5-4-14(11-23-18)20(26)25-8-6-16(22)7-9-25/h1-5,10-12,16H,6-9,22H2. The molecule has 0 unspecified atom stereocenters. The molecule has 132 valence electrons. The molecule has 4 rings (SSSR count). The Bertz CT molecular complexity index is 950. The largest absolute Gasteiger partial charge is 0.338 e. The van der Waals surface area contributed by atoms with Gasteiger partial charge in [-0.15, -0.1) is 0 Å². The maximum Gasteiger partial charge on any atom is 0.255 e. The molecule has 26 heavy (non-hydrogen) atoms. The number of likely N-dealkylation sites (tertiary alicyclic amines) is 1. The number of nitrogens with two attached hydrogens (primary N) is 1. The lowest BCUT2D eigenvalue weighted by atomic mass is 10.0.